The molecule has 168 valence electrons. The third-order valence-corrected chi connectivity index (χ3v) is 7.56. The predicted molar refractivity (Wildman–Crippen MR) is 133 cm³/mol. The van der Waals surface area contributed by atoms with Gasteiger partial charge in [0.05, 0.1) is 10.6 Å². The predicted octanol–water partition coefficient (Wildman–Crippen LogP) is 5.31. The summed E-state index contributed by atoms with van der Waals surface area (Å²) < 4.78 is 27.9. The minimum Gasteiger partial charge on any atom is -0.350 e. The molecule has 0 aliphatic heterocycles. The van der Waals surface area contributed by atoms with E-state index in [0.29, 0.717) is 10.7 Å². The summed E-state index contributed by atoms with van der Waals surface area (Å²) in [7, 11) is -3.98. The second-order valence-electron chi connectivity index (χ2n) is 7.72. The number of hydrogen-bond acceptors (Lipinski definition) is 3. The van der Waals surface area contributed by atoms with Crippen molar-refractivity contribution in [2.45, 2.75) is 18.4 Å². The molecule has 4 rings (SSSR count). The Morgan fingerprint density at radius 3 is 2.30 bits per heavy atom. The molecule has 1 amide bonds. The molecule has 0 bridgehead atoms. The highest BCUT2D eigenvalue weighted by molar-refractivity contribution is 7.92. The topological polar surface area (TPSA) is 66.5 Å². The van der Waals surface area contributed by atoms with Crippen molar-refractivity contribution in [3.63, 3.8) is 0 Å². The molecule has 0 aromatic heterocycles. The zero-order chi connectivity index (χ0) is 23.4. The van der Waals surface area contributed by atoms with Crippen LogP contribution in [0.1, 0.15) is 11.1 Å². The fraction of sp³-hybridized carbons (Fsp3) is 0.115. The van der Waals surface area contributed by atoms with E-state index >= 15 is 0 Å². The van der Waals surface area contributed by atoms with Crippen LogP contribution >= 0.6 is 11.6 Å². The Morgan fingerprint density at radius 2 is 1.58 bits per heavy atom. The largest absolute Gasteiger partial charge is 0.350 e. The van der Waals surface area contributed by atoms with Crippen LogP contribution in [0.3, 0.4) is 0 Å². The van der Waals surface area contributed by atoms with Gasteiger partial charge in [-0.05, 0) is 59.2 Å². The van der Waals surface area contributed by atoms with Gasteiger partial charge in [-0.3, -0.25) is 9.10 Å². The van der Waals surface area contributed by atoms with E-state index in [1.54, 1.807) is 36.4 Å². The van der Waals surface area contributed by atoms with Crippen LogP contribution in [-0.2, 0) is 21.4 Å². The molecule has 0 radical (unpaired) electrons. The lowest BCUT2D eigenvalue weighted by Crippen LogP contribution is -2.40. The second-order valence-corrected chi connectivity index (χ2v) is 9.99. The number of amides is 1. The Balaban J connectivity index is 1.57. The molecule has 5 nitrogen and oxygen atoms in total. The number of benzene rings is 4. The Labute approximate surface area is 198 Å². The molecule has 4 aromatic carbocycles. The van der Waals surface area contributed by atoms with Crippen molar-refractivity contribution in [3.05, 3.63) is 107 Å². The summed E-state index contributed by atoms with van der Waals surface area (Å²) >= 11 is 6.26. The fourth-order valence-corrected chi connectivity index (χ4v) is 5.12. The lowest BCUT2D eigenvalue weighted by Gasteiger charge is -2.24. The normalized spacial score (nSPS) is 11.3. The van der Waals surface area contributed by atoms with Gasteiger partial charge < -0.3 is 5.32 Å². The summed E-state index contributed by atoms with van der Waals surface area (Å²) in [6, 6.07) is 26.9. The monoisotopic (exact) mass is 478 g/mol. The molecule has 4 aromatic rings. The maximum Gasteiger partial charge on any atom is 0.264 e. The Bertz CT molecular complexity index is 1410. The van der Waals surface area contributed by atoms with E-state index in [9.17, 15) is 13.2 Å². The quantitative estimate of drug-likeness (QED) is 0.391. The van der Waals surface area contributed by atoms with Crippen LogP contribution < -0.4 is 9.62 Å². The number of sulfonamides is 1. The molecule has 0 heterocycles. The zero-order valence-corrected chi connectivity index (χ0v) is 19.6. The first-order valence-electron chi connectivity index (χ1n) is 10.4. The van der Waals surface area contributed by atoms with E-state index in [1.807, 2.05) is 49.4 Å². The summed E-state index contributed by atoms with van der Waals surface area (Å²) in [6.07, 6.45) is 0. The summed E-state index contributed by atoms with van der Waals surface area (Å²) in [5, 5.41) is 5.45. The average Bonchev–Trinajstić information content (AvgIpc) is 2.83. The molecular weight excluding hydrogens is 456 g/mol. The van der Waals surface area contributed by atoms with E-state index in [0.717, 1.165) is 26.2 Å². The maximum atomic E-state index is 13.4. The first-order chi connectivity index (χ1) is 15.8. The van der Waals surface area contributed by atoms with Gasteiger partial charge in [-0.2, -0.15) is 0 Å². The van der Waals surface area contributed by atoms with Crippen molar-refractivity contribution in [3.8, 4) is 0 Å². The summed E-state index contributed by atoms with van der Waals surface area (Å²) in [5.74, 6) is -0.417. The molecule has 1 N–H and O–H groups in total. The Morgan fingerprint density at radius 1 is 0.879 bits per heavy atom. The average molecular weight is 479 g/mol. The second kappa shape index (κ2) is 9.65. The van der Waals surface area contributed by atoms with Crippen LogP contribution in [-0.4, -0.2) is 20.9 Å². The molecule has 0 aliphatic rings. The highest BCUT2D eigenvalue weighted by atomic mass is 35.5. The van der Waals surface area contributed by atoms with Gasteiger partial charge in [0.25, 0.3) is 10.0 Å². The highest BCUT2D eigenvalue weighted by Crippen LogP contribution is 2.28. The van der Waals surface area contributed by atoms with E-state index in [2.05, 4.69) is 5.32 Å². The number of nitrogens with one attached hydrogen (secondary N) is 1. The van der Waals surface area contributed by atoms with Gasteiger partial charge >= 0.3 is 0 Å². The molecule has 0 atom stereocenters. The van der Waals surface area contributed by atoms with E-state index in [1.165, 1.54) is 12.1 Å². The van der Waals surface area contributed by atoms with Crippen LogP contribution in [0.5, 0.6) is 0 Å². The smallest absolute Gasteiger partial charge is 0.264 e. The molecule has 7 heteroatoms. The van der Waals surface area contributed by atoms with Crippen LogP contribution in [0, 0.1) is 6.92 Å². The minimum atomic E-state index is -3.98. The first kappa shape index (κ1) is 22.8. The van der Waals surface area contributed by atoms with Crippen molar-refractivity contribution in [1.29, 1.82) is 0 Å². The van der Waals surface area contributed by atoms with Crippen molar-refractivity contribution < 1.29 is 13.2 Å². The van der Waals surface area contributed by atoms with E-state index < -0.39 is 15.9 Å². The summed E-state index contributed by atoms with van der Waals surface area (Å²) in [6.45, 7) is 1.75. The SMILES string of the molecule is Cc1ccc(N(CC(=O)NCc2ccc3ccccc3c2)S(=O)(=O)c2ccccc2)cc1Cl. The van der Waals surface area contributed by atoms with Crippen LogP contribution in [0.4, 0.5) is 5.69 Å². The van der Waals surface area contributed by atoms with Gasteiger partial charge in [-0.25, -0.2) is 8.42 Å². The van der Waals surface area contributed by atoms with Gasteiger partial charge in [0.15, 0.2) is 0 Å². The first-order valence-corrected chi connectivity index (χ1v) is 12.2. The molecule has 0 spiro atoms. The van der Waals surface area contributed by atoms with Crippen molar-refractivity contribution in [2.24, 2.45) is 0 Å². The van der Waals surface area contributed by atoms with Crippen LogP contribution in [0.25, 0.3) is 10.8 Å². The zero-order valence-electron chi connectivity index (χ0n) is 18.0. The van der Waals surface area contributed by atoms with Crippen molar-refractivity contribution in [2.75, 3.05) is 10.8 Å². The van der Waals surface area contributed by atoms with Gasteiger partial charge in [0, 0.05) is 11.6 Å². The van der Waals surface area contributed by atoms with E-state index in [4.69, 9.17) is 11.6 Å². The molecule has 0 aliphatic carbocycles. The number of anilines is 1. The number of halogens is 1. The maximum absolute atomic E-state index is 13.4. The summed E-state index contributed by atoms with van der Waals surface area (Å²) in [4.78, 5) is 12.9. The van der Waals surface area contributed by atoms with Crippen molar-refractivity contribution >= 4 is 44.0 Å². The minimum absolute atomic E-state index is 0.101. The van der Waals surface area contributed by atoms with Crippen molar-refractivity contribution in [1.82, 2.24) is 5.32 Å². The molecule has 0 fully saturated rings. The molecular formula is C26H23ClN2O3S. The van der Waals surface area contributed by atoms with Gasteiger partial charge in [0.2, 0.25) is 5.91 Å². The number of nitrogens with zero attached hydrogens (tertiary/aromatic N) is 1. The molecule has 33 heavy (non-hydrogen) atoms. The third-order valence-electron chi connectivity index (χ3n) is 5.37. The van der Waals surface area contributed by atoms with Gasteiger partial charge in [-0.1, -0.05) is 72.3 Å². The van der Waals surface area contributed by atoms with Gasteiger partial charge in [0.1, 0.15) is 6.54 Å². The Hall–Kier alpha value is -3.35. The van der Waals surface area contributed by atoms with Gasteiger partial charge in [-0.15, -0.1) is 0 Å². The number of rotatable bonds is 7. The molecule has 0 saturated carbocycles. The molecule has 0 saturated heterocycles. The molecule has 0 unspecified atom stereocenters. The standard InChI is InChI=1S/C26H23ClN2O3S/c1-19-11-14-23(16-25(19)27)29(33(31,32)24-9-3-2-4-10-24)18-26(30)28-17-20-12-13-21-7-5-6-8-22(21)15-20/h2-16H,17-18H2,1H3,(H,28,30). The van der Waals surface area contributed by atoms with Crippen LogP contribution in [0.2, 0.25) is 5.02 Å². The third kappa shape index (κ3) is 5.18. The lowest BCUT2D eigenvalue weighted by molar-refractivity contribution is -0.119. The fourth-order valence-electron chi connectivity index (χ4n) is 3.51. The van der Waals surface area contributed by atoms with E-state index in [-0.39, 0.29) is 18.0 Å². The number of carbonyl (C=O) groups excluding carboxylic acids is 1. The number of hydrogen-bond donors (Lipinski definition) is 1. The summed E-state index contributed by atoms with van der Waals surface area (Å²) in [5.41, 5.74) is 2.08. The highest BCUT2D eigenvalue weighted by Gasteiger charge is 2.27. The number of carbonyl (C=O) groups is 1. The number of aryl methyl sites for hydroxylation is 1. The Kier molecular flexibility index (Phi) is 6.67. The van der Waals surface area contributed by atoms with Crippen LogP contribution in [0.15, 0.2) is 95.9 Å². The lowest BCUT2D eigenvalue weighted by atomic mass is 10.1. The number of fused-ring (bicyclic) bond motifs is 1.